The van der Waals surface area contributed by atoms with Gasteiger partial charge in [-0.25, -0.2) is 9.78 Å². The van der Waals surface area contributed by atoms with Gasteiger partial charge in [-0.05, 0) is 23.8 Å². The van der Waals surface area contributed by atoms with E-state index in [0.717, 1.165) is 0 Å². The number of benzene rings is 2. The molecule has 31 heavy (non-hydrogen) atoms. The summed E-state index contributed by atoms with van der Waals surface area (Å²) < 4.78 is 0. The number of nitrogens with one attached hydrogen (secondary N) is 4. The number of nitrogens with zero attached hydrogens (tertiary/aromatic N) is 1. The Morgan fingerprint density at radius 2 is 1.61 bits per heavy atom. The summed E-state index contributed by atoms with van der Waals surface area (Å²) in [5.41, 5.74) is 1.31. The number of carbonyl (C=O) groups excluding carboxylic acids is 2. The normalized spacial score (nSPS) is 11.3. The van der Waals surface area contributed by atoms with E-state index in [0.29, 0.717) is 33.7 Å². The van der Waals surface area contributed by atoms with Crippen LogP contribution in [0.1, 0.15) is 11.6 Å². The Balaban J connectivity index is 1.56. The number of hydrogen-bond acceptors (Lipinski definition) is 4. The average Bonchev–Trinajstić information content (AvgIpc) is 2.77. The van der Waals surface area contributed by atoms with Gasteiger partial charge in [0.05, 0.1) is 10.0 Å². The van der Waals surface area contributed by atoms with Crippen LogP contribution in [0.3, 0.4) is 0 Å². The zero-order chi connectivity index (χ0) is 22.1. The molecule has 0 aliphatic carbocycles. The lowest BCUT2D eigenvalue weighted by Gasteiger charge is -2.19. The van der Waals surface area contributed by atoms with Crippen molar-refractivity contribution >= 4 is 46.6 Å². The van der Waals surface area contributed by atoms with Gasteiger partial charge in [0.1, 0.15) is 11.9 Å². The van der Waals surface area contributed by atoms with Gasteiger partial charge in [0, 0.05) is 25.0 Å². The second-order valence-electron chi connectivity index (χ2n) is 6.51. The number of aromatic nitrogens is 1. The minimum atomic E-state index is -0.859. The lowest BCUT2D eigenvalue weighted by Crippen LogP contribution is -2.43. The van der Waals surface area contributed by atoms with Crippen molar-refractivity contribution in [2.45, 2.75) is 6.04 Å². The summed E-state index contributed by atoms with van der Waals surface area (Å²) >= 11 is 11.9. The second kappa shape index (κ2) is 11.2. The van der Waals surface area contributed by atoms with Gasteiger partial charge < -0.3 is 21.3 Å². The van der Waals surface area contributed by atoms with Crippen LogP contribution in [0.2, 0.25) is 10.0 Å². The van der Waals surface area contributed by atoms with Gasteiger partial charge in [-0.15, -0.1) is 0 Å². The van der Waals surface area contributed by atoms with E-state index < -0.39 is 12.1 Å². The third-order valence-corrected chi connectivity index (χ3v) is 4.72. The predicted octanol–water partition coefficient (Wildman–Crippen LogP) is 4.48. The molecule has 0 radical (unpaired) electrons. The lowest BCUT2D eigenvalue weighted by atomic mass is 10.1. The molecule has 1 atom stereocenters. The quantitative estimate of drug-likeness (QED) is 0.375. The van der Waals surface area contributed by atoms with Crippen LogP contribution in [0.4, 0.5) is 16.3 Å². The van der Waals surface area contributed by atoms with Crippen LogP contribution in [0, 0.1) is 0 Å². The molecule has 9 heteroatoms. The average molecular weight is 458 g/mol. The fourth-order valence-electron chi connectivity index (χ4n) is 2.77. The van der Waals surface area contributed by atoms with Crippen molar-refractivity contribution in [2.75, 3.05) is 23.7 Å². The summed E-state index contributed by atoms with van der Waals surface area (Å²) in [5.74, 6) is 0.125. The molecule has 3 aromatic rings. The largest absolute Gasteiger partial charge is 0.367 e. The standard InChI is InChI=1S/C22H21Cl2N5O2/c23-16-13-18(24)20(27-14-16)25-11-12-26-22(31)29-19(15-7-3-1-4-8-15)21(30)28-17-9-5-2-6-10-17/h1-10,13-14,19H,11-12H2,(H,25,27)(H,28,30)(H2,26,29,31). The summed E-state index contributed by atoms with van der Waals surface area (Å²) in [4.78, 5) is 29.3. The molecule has 0 bridgehead atoms. The maximum atomic E-state index is 12.8. The van der Waals surface area contributed by atoms with Crippen molar-refractivity contribution in [1.29, 1.82) is 0 Å². The van der Waals surface area contributed by atoms with Gasteiger partial charge in [-0.1, -0.05) is 71.7 Å². The summed E-state index contributed by atoms with van der Waals surface area (Å²) in [6.45, 7) is 0.669. The highest BCUT2D eigenvalue weighted by molar-refractivity contribution is 6.35. The number of anilines is 2. The van der Waals surface area contributed by atoms with Crippen LogP contribution in [0.15, 0.2) is 72.9 Å². The zero-order valence-corrected chi connectivity index (χ0v) is 18.0. The van der Waals surface area contributed by atoms with Gasteiger partial charge in [-0.2, -0.15) is 0 Å². The van der Waals surface area contributed by atoms with Gasteiger partial charge in [-0.3, -0.25) is 4.79 Å². The summed E-state index contributed by atoms with van der Waals surface area (Å²) in [5, 5.41) is 12.1. The number of urea groups is 1. The molecule has 0 saturated heterocycles. The van der Waals surface area contributed by atoms with Crippen LogP contribution in [0.5, 0.6) is 0 Å². The highest BCUT2D eigenvalue weighted by Gasteiger charge is 2.22. The van der Waals surface area contributed by atoms with Gasteiger partial charge in [0.25, 0.3) is 5.91 Å². The number of carbonyl (C=O) groups is 2. The molecular weight excluding hydrogens is 437 g/mol. The van der Waals surface area contributed by atoms with E-state index in [1.807, 2.05) is 36.4 Å². The summed E-state index contributed by atoms with van der Waals surface area (Å²) in [7, 11) is 0. The van der Waals surface area contributed by atoms with Crippen molar-refractivity contribution < 1.29 is 9.59 Å². The molecule has 1 unspecified atom stereocenters. The van der Waals surface area contributed by atoms with Crippen molar-refractivity contribution in [3.05, 3.63) is 88.5 Å². The SMILES string of the molecule is O=C(NCCNc1ncc(Cl)cc1Cl)NC(C(=O)Nc1ccccc1)c1ccccc1. The van der Waals surface area contributed by atoms with Crippen LogP contribution >= 0.6 is 23.2 Å². The number of pyridine rings is 1. The Labute approximate surface area is 190 Å². The fourth-order valence-corrected chi connectivity index (χ4v) is 3.21. The van der Waals surface area contributed by atoms with Gasteiger partial charge >= 0.3 is 6.03 Å². The zero-order valence-electron chi connectivity index (χ0n) is 16.4. The van der Waals surface area contributed by atoms with Crippen molar-refractivity contribution in [3.63, 3.8) is 0 Å². The smallest absolute Gasteiger partial charge is 0.315 e. The van der Waals surface area contributed by atoms with E-state index in [4.69, 9.17) is 23.2 Å². The van der Waals surface area contributed by atoms with Crippen LogP contribution in [-0.4, -0.2) is 30.0 Å². The number of halogens is 2. The van der Waals surface area contributed by atoms with E-state index in [9.17, 15) is 9.59 Å². The Kier molecular flexibility index (Phi) is 8.09. The molecule has 160 valence electrons. The Hall–Kier alpha value is -3.29. The Bertz CT molecular complexity index is 1020. The second-order valence-corrected chi connectivity index (χ2v) is 7.35. The molecule has 0 saturated carbocycles. The van der Waals surface area contributed by atoms with Crippen molar-refractivity contribution in [2.24, 2.45) is 0 Å². The highest BCUT2D eigenvalue weighted by Crippen LogP contribution is 2.22. The van der Waals surface area contributed by atoms with Crippen LogP contribution in [0.25, 0.3) is 0 Å². The molecule has 1 heterocycles. The van der Waals surface area contributed by atoms with E-state index in [2.05, 4.69) is 26.3 Å². The third kappa shape index (κ3) is 6.87. The first kappa shape index (κ1) is 22.4. The molecule has 0 aliphatic heterocycles. The van der Waals surface area contributed by atoms with E-state index in [1.54, 1.807) is 30.3 Å². The maximum Gasteiger partial charge on any atom is 0.315 e. The summed E-state index contributed by atoms with van der Waals surface area (Å²) in [6.07, 6.45) is 1.48. The molecule has 0 fully saturated rings. The first-order valence-corrected chi connectivity index (χ1v) is 10.3. The van der Waals surface area contributed by atoms with Gasteiger partial charge in [0.15, 0.2) is 0 Å². The van der Waals surface area contributed by atoms with Gasteiger partial charge in [0.2, 0.25) is 0 Å². The first-order chi connectivity index (χ1) is 15.0. The number of hydrogen-bond donors (Lipinski definition) is 4. The minimum absolute atomic E-state index is 0.286. The highest BCUT2D eigenvalue weighted by atomic mass is 35.5. The predicted molar refractivity (Wildman–Crippen MR) is 124 cm³/mol. The topological polar surface area (TPSA) is 95.2 Å². The Morgan fingerprint density at radius 1 is 0.935 bits per heavy atom. The number of amides is 3. The summed E-state index contributed by atoms with van der Waals surface area (Å²) in [6, 6.07) is 18.3. The van der Waals surface area contributed by atoms with Crippen LogP contribution in [-0.2, 0) is 4.79 Å². The first-order valence-electron chi connectivity index (χ1n) is 9.53. The molecular formula is C22H21Cl2N5O2. The van der Waals surface area contributed by atoms with E-state index >= 15 is 0 Å². The number of para-hydroxylation sites is 1. The minimum Gasteiger partial charge on any atom is -0.367 e. The fraction of sp³-hybridized carbons (Fsp3) is 0.136. The van der Waals surface area contributed by atoms with Crippen LogP contribution < -0.4 is 21.3 Å². The molecule has 0 aliphatic rings. The lowest BCUT2D eigenvalue weighted by molar-refractivity contribution is -0.118. The monoisotopic (exact) mass is 457 g/mol. The molecule has 1 aromatic heterocycles. The maximum absolute atomic E-state index is 12.8. The number of rotatable bonds is 8. The molecule has 7 nitrogen and oxygen atoms in total. The van der Waals surface area contributed by atoms with E-state index in [-0.39, 0.29) is 12.5 Å². The molecule has 2 aromatic carbocycles. The Morgan fingerprint density at radius 3 is 2.29 bits per heavy atom. The molecule has 3 amide bonds. The molecule has 4 N–H and O–H groups in total. The van der Waals surface area contributed by atoms with Crippen molar-refractivity contribution in [1.82, 2.24) is 15.6 Å². The molecule has 3 rings (SSSR count). The van der Waals surface area contributed by atoms with Crippen molar-refractivity contribution in [3.8, 4) is 0 Å². The molecule has 0 spiro atoms. The van der Waals surface area contributed by atoms with E-state index in [1.165, 1.54) is 6.20 Å². The third-order valence-electron chi connectivity index (χ3n) is 4.22.